The van der Waals surface area contributed by atoms with E-state index in [9.17, 15) is 0 Å². The predicted molar refractivity (Wildman–Crippen MR) is 61.4 cm³/mol. The van der Waals surface area contributed by atoms with Crippen LogP contribution in [0.2, 0.25) is 0 Å². The van der Waals surface area contributed by atoms with Gasteiger partial charge in [-0.05, 0) is 18.2 Å². The van der Waals surface area contributed by atoms with Crippen LogP contribution in [0.5, 0.6) is 0 Å². The van der Waals surface area contributed by atoms with E-state index in [-0.39, 0.29) is 5.84 Å². The molecule has 0 aliphatic carbocycles. The maximum absolute atomic E-state index is 7.29. The Balaban J connectivity index is 2.22. The van der Waals surface area contributed by atoms with Gasteiger partial charge in [0.2, 0.25) is 0 Å². The lowest BCUT2D eigenvalue weighted by Gasteiger charge is -2.02. The number of hydrogen-bond donors (Lipinski definition) is 2. The van der Waals surface area contributed by atoms with Gasteiger partial charge in [0.15, 0.2) is 0 Å². The largest absolute Gasteiger partial charge is 0.382 e. The molecule has 0 saturated carbocycles. The van der Waals surface area contributed by atoms with Gasteiger partial charge in [-0.25, -0.2) is 9.97 Å². The molecule has 2 aromatic rings. The highest BCUT2D eigenvalue weighted by molar-refractivity contribution is 7.99. The smallest absolute Gasteiger partial charge is 0.141 e. The molecule has 0 aromatic carbocycles. The lowest BCUT2D eigenvalue weighted by atomic mass is 10.3. The Morgan fingerprint density at radius 2 is 2.12 bits per heavy atom. The van der Waals surface area contributed by atoms with E-state index in [2.05, 4.69) is 15.0 Å². The van der Waals surface area contributed by atoms with Gasteiger partial charge in [0.1, 0.15) is 22.9 Å². The van der Waals surface area contributed by atoms with Crippen molar-refractivity contribution in [1.82, 2.24) is 15.0 Å². The molecular formula is C10H9N5S. The molecule has 16 heavy (non-hydrogen) atoms. The molecule has 0 unspecified atom stereocenters. The van der Waals surface area contributed by atoms with Crippen LogP contribution in [-0.4, -0.2) is 20.8 Å². The zero-order valence-electron chi connectivity index (χ0n) is 8.29. The standard InChI is InChI=1S/C10H9N5S/c11-10(12)8-5-7(1-4-14-8)16-9-2-3-13-6-15-9/h1-6H,(H3,11,12). The van der Waals surface area contributed by atoms with E-state index in [0.29, 0.717) is 5.69 Å². The highest BCUT2D eigenvalue weighted by atomic mass is 32.2. The lowest BCUT2D eigenvalue weighted by molar-refractivity contribution is 1.05. The summed E-state index contributed by atoms with van der Waals surface area (Å²) in [5.41, 5.74) is 5.83. The fraction of sp³-hybridized carbons (Fsp3) is 0. The topological polar surface area (TPSA) is 88.5 Å². The minimum absolute atomic E-state index is 0.0369. The van der Waals surface area contributed by atoms with Crippen LogP contribution in [0.15, 0.2) is 46.8 Å². The number of pyridine rings is 1. The second-order valence-corrected chi connectivity index (χ2v) is 4.03. The van der Waals surface area contributed by atoms with Gasteiger partial charge in [-0.1, -0.05) is 11.8 Å². The first-order valence-corrected chi connectivity index (χ1v) is 5.31. The van der Waals surface area contributed by atoms with Crippen LogP contribution in [0.1, 0.15) is 5.69 Å². The molecule has 2 rings (SSSR count). The van der Waals surface area contributed by atoms with Gasteiger partial charge in [0.05, 0.1) is 0 Å². The fourth-order valence-corrected chi connectivity index (χ4v) is 1.85. The van der Waals surface area contributed by atoms with E-state index in [1.54, 1.807) is 18.5 Å². The van der Waals surface area contributed by atoms with Gasteiger partial charge in [-0.15, -0.1) is 0 Å². The summed E-state index contributed by atoms with van der Waals surface area (Å²) in [4.78, 5) is 12.9. The second kappa shape index (κ2) is 4.71. The lowest BCUT2D eigenvalue weighted by Crippen LogP contribution is -2.12. The van der Waals surface area contributed by atoms with Crippen LogP contribution in [0.4, 0.5) is 0 Å². The number of nitrogens with zero attached hydrogens (tertiary/aromatic N) is 3. The average molecular weight is 231 g/mol. The Labute approximate surface area is 96.7 Å². The molecule has 3 N–H and O–H groups in total. The van der Waals surface area contributed by atoms with Crippen LogP contribution in [0, 0.1) is 5.41 Å². The summed E-state index contributed by atoms with van der Waals surface area (Å²) in [6.07, 6.45) is 4.80. The summed E-state index contributed by atoms with van der Waals surface area (Å²) < 4.78 is 0. The van der Waals surface area contributed by atoms with E-state index in [1.165, 1.54) is 18.1 Å². The SMILES string of the molecule is N=C(N)c1cc(Sc2ccncn2)ccn1. The number of nitrogens with one attached hydrogen (secondary N) is 1. The first-order chi connectivity index (χ1) is 7.75. The molecule has 0 spiro atoms. The summed E-state index contributed by atoms with van der Waals surface area (Å²) in [5.74, 6) is -0.0369. The summed E-state index contributed by atoms with van der Waals surface area (Å²) in [7, 11) is 0. The second-order valence-electron chi connectivity index (χ2n) is 2.94. The molecule has 5 nitrogen and oxygen atoms in total. The van der Waals surface area contributed by atoms with Gasteiger partial charge < -0.3 is 5.73 Å². The molecule has 2 heterocycles. The maximum atomic E-state index is 7.29. The van der Waals surface area contributed by atoms with Gasteiger partial charge in [-0.3, -0.25) is 10.4 Å². The third-order valence-corrected chi connectivity index (χ3v) is 2.72. The average Bonchev–Trinajstić information content (AvgIpc) is 2.30. The number of nitrogens with two attached hydrogens (primary N) is 1. The van der Waals surface area contributed by atoms with Gasteiger partial charge in [-0.2, -0.15) is 0 Å². The maximum Gasteiger partial charge on any atom is 0.141 e. The van der Waals surface area contributed by atoms with Crippen molar-refractivity contribution in [3.05, 3.63) is 42.6 Å². The first kappa shape index (κ1) is 10.6. The van der Waals surface area contributed by atoms with Crippen LogP contribution < -0.4 is 5.73 Å². The van der Waals surface area contributed by atoms with Crippen LogP contribution in [0.3, 0.4) is 0 Å². The molecule has 0 aliphatic rings. The van der Waals surface area contributed by atoms with E-state index < -0.39 is 0 Å². The molecule has 2 aromatic heterocycles. The minimum Gasteiger partial charge on any atom is -0.382 e. The van der Waals surface area contributed by atoms with Crippen molar-refractivity contribution >= 4 is 17.6 Å². The molecule has 0 amide bonds. The van der Waals surface area contributed by atoms with Gasteiger partial charge in [0.25, 0.3) is 0 Å². The Hall–Kier alpha value is -1.95. The van der Waals surface area contributed by atoms with Gasteiger partial charge in [0, 0.05) is 17.3 Å². The zero-order valence-corrected chi connectivity index (χ0v) is 9.11. The molecule has 0 bridgehead atoms. The molecule has 0 radical (unpaired) electrons. The van der Waals surface area contributed by atoms with E-state index in [0.717, 1.165) is 9.92 Å². The number of amidine groups is 1. The van der Waals surface area contributed by atoms with Crippen molar-refractivity contribution in [2.75, 3.05) is 0 Å². The van der Waals surface area contributed by atoms with Crippen molar-refractivity contribution in [3.63, 3.8) is 0 Å². The van der Waals surface area contributed by atoms with Crippen molar-refractivity contribution in [2.24, 2.45) is 5.73 Å². The number of rotatable bonds is 3. The number of nitrogen functional groups attached to an aromatic ring is 1. The monoisotopic (exact) mass is 231 g/mol. The van der Waals surface area contributed by atoms with Crippen molar-refractivity contribution < 1.29 is 0 Å². The Kier molecular flexibility index (Phi) is 3.11. The summed E-state index contributed by atoms with van der Waals surface area (Å²) in [5, 5.41) is 8.14. The highest BCUT2D eigenvalue weighted by Crippen LogP contribution is 2.24. The third kappa shape index (κ3) is 2.54. The van der Waals surface area contributed by atoms with Crippen molar-refractivity contribution in [1.29, 1.82) is 5.41 Å². The summed E-state index contributed by atoms with van der Waals surface area (Å²) >= 11 is 1.48. The van der Waals surface area contributed by atoms with E-state index >= 15 is 0 Å². The normalized spacial score (nSPS) is 10.0. The number of hydrogen-bond acceptors (Lipinski definition) is 5. The molecular weight excluding hydrogens is 222 g/mol. The quantitative estimate of drug-likeness (QED) is 0.472. The Bertz CT molecular complexity index is 500. The predicted octanol–water partition coefficient (Wildman–Crippen LogP) is 1.31. The Morgan fingerprint density at radius 1 is 1.25 bits per heavy atom. The Morgan fingerprint density at radius 3 is 2.81 bits per heavy atom. The van der Waals surface area contributed by atoms with Crippen LogP contribution in [-0.2, 0) is 0 Å². The molecule has 0 atom stereocenters. The molecule has 0 fully saturated rings. The highest BCUT2D eigenvalue weighted by Gasteiger charge is 2.02. The fourth-order valence-electron chi connectivity index (χ4n) is 1.08. The molecule has 0 aliphatic heterocycles. The molecule has 0 saturated heterocycles. The van der Waals surface area contributed by atoms with E-state index in [4.69, 9.17) is 11.1 Å². The third-order valence-electron chi connectivity index (χ3n) is 1.78. The van der Waals surface area contributed by atoms with Crippen molar-refractivity contribution in [3.8, 4) is 0 Å². The van der Waals surface area contributed by atoms with Crippen molar-refractivity contribution in [2.45, 2.75) is 9.92 Å². The first-order valence-electron chi connectivity index (χ1n) is 4.50. The minimum atomic E-state index is -0.0369. The number of aromatic nitrogens is 3. The molecule has 80 valence electrons. The zero-order chi connectivity index (χ0) is 11.4. The van der Waals surface area contributed by atoms with Crippen LogP contribution in [0.25, 0.3) is 0 Å². The summed E-state index contributed by atoms with van der Waals surface area (Å²) in [6.45, 7) is 0. The van der Waals surface area contributed by atoms with Gasteiger partial charge >= 0.3 is 0 Å². The molecule has 6 heteroatoms. The summed E-state index contributed by atoms with van der Waals surface area (Å²) in [6, 6.07) is 5.42. The van der Waals surface area contributed by atoms with Crippen LogP contribution >= 0.6 is 11.8 Å². The van der Waals surface area contributed by atoms with E-state index in [1.807, 2.05) is 12.1 Å².